The number of rotatable bonds is 7. The van der Waals surface area contributed by atoms with Gasteiger partial charge in [-0.3, -0.25) is 5.10 Å². The molecule has 0 saturated carbocycles. The molecule has 1 N–H and O–H groups in total. The van der Waals surface area contributed by atoms with Crippen molar-refractivity contribution in [3.63, 3.8) is 0 Å². The standard InChI is InChI=1S/C16H22N2O/c1-13(2)7-6-10-19-16-12-15(17-18-16)11-14-8-4-3-5-9-14/h3-5,8-9,12-13H,6-7,10-11H2,1-2H3,(H,17,18). The molecule has 19 heavy (non-hydrogen) atoms. The molecule has 0 aliphatic rings. The molecule has 0 radical (unpaired) electrons. The van der Waals surface area contributed by atoms with Gasteiger partial charge in [0.05, 0.1) is 6.61 Å². The number of benzene rings is 1. The first-order chi connectivity index (χ1) is 9.24. The lowest BCUT2D eigenvalue weighted by Crippen LogP contribution is -1.99. The molecule has 3 nitrogen and oxygen atoms in total. The monoisotopic (exact) mass is 258 g/mol. The fourth-order valence-corrected chi connectivity index (χ4v) is 1.99. The van der Waals surface area contributed by atoms with Crippen LogP contribution in [0.3, 0.4) is 0 Å². The van der Waals surface area contributed by atoms with Gasteiger partial charge in [0, 0.05) is 18.2 Å². The Labute approximate surface area is 115 Å². The number of nitrogens with zero attached hydrogens (tertiary/aromatic N) is 1. The second-order valence-corrected chi connectivity index (χ2v) is 5.28. The number of hydrogen-bond donors (Lipinski definition) is 1. The number of nitrogens with one attached hydrogen (secondary N) is 1. The van der Waals surface area contributed by atoms with Gasteiger partial charge in [-0.25, -0.2) is 0 Å². The summed E-state index contributed by atoms with van der Waals surface area (Å²) in [6, 6.07) is 12.3. The van der Waals surface area contributed by atoms with Crippen LogP contribution in [-0.4, -0.2) is 16.8 Å². The van der Waals surface area contributed by atoms with E-state index in [2.05, 4.69) is 48.3 Å². The van der Waals surface area contributed by atoms with E-state index in [0.29, 0.717) is 5.88 Å². The Morgan fingerprint density at radius 1 is 1.21 bits per heavy atom. The number of aromatic amines is 1. The second kappa shape index (κ2) is 6.98. The Morgan fingerprint density at radius 3 is 2.74 bits per heavy atom. The molecule has 0 atom stereocenters. The number of aromatic nitrogens is 2. The van der Waals surface area contributed by atoms with Crippen LogP contribution in [0.2, 0.25) is 0 Å². The molecule has 3 heteroatoms. The van der Waals surface area contributed by atoms with E-state index < -0.39 is 0 Å². The van der Waals surface area contributed by atoms with Crippen molar-refractivity contribution in [2.24, 2.45) is 5.92 Å². The molecule has 1 aromatic carbocycles. The van der Waals surface area contributed by atoms with Crippen molar-refractivity contribution in [1.29, 1.82) is 0 Å². The van der Waals surface area contributed by atoms with E-state index in [-0.39, 0.29) is 0 Å². The van der Waals surface area contributed by atoms with Crippen molar-refractivity contribution >= 4 is 0 Å². The van der Waals surface area contributed by atoms with Gasteiger partial charge in [-0.05, 0) is 24.3 Å². The smallest absolute Gasteiger partial charge is 0.232 e. The van der Waals surface area contributed by atoms with Crippen molar-refractivity contribution in [3.05, 3.63) is 47.7 Å². The molecule has 0 spiro atoms. The molecule has 1 heterocycles. The Kier molecular flexibility index (Phi) is 5.01. The highest BCUT2D eigenvalue weighted by Gasteiger charge is 2.03. The Morgan fingerprint density at radius 2 is 2.00 bits per heavy atom. The second-order valence-electron chi connectivity index (χ2n) is 5.28. The van der Waals surface area contributed by atoms with E-state index in [1.54, 1.807) is 0 Å². The fraction of sp³-hybridized carbons (Fsp3) is 0.438. The van der Waals surface area contributed by atoms with E-state index in [9.17, 15) is 0 Å². The summed E-state index contributed by atoms with van der Waals surface area (Å²) in [6.07, 6.45) is 3.14. The van der Waals surface area contributed by atoms with E-state index in [1.807, 2.05) is 12.1 Å². The summed E-state index contributed by atoms with van der Waals surface area (Å²) in [5.74, 6) is 1.44. The van der Waals surface area contributed by atoms with Gasteiger partial charge < -0.3 is 4.74 Å². The first-order valence-corrected chi connectivity index (χ1v) is 6.95. The normalized spacial score (nSPS) is 10.9. The zero-order valence-corrected chi connectivity index (χ0v) is 11.7. The van der Waals surface area contributed by atoms with Crippen LogP contribution < -0.4 is 4.74 Å². The zero-order chi connectivity index (χ0) is 13.5. The lowest BCUT2D eigenvalue weighted by atomic mass is 10.1. The predicted octanol–water partition coefficient (Wildman–Crippen LogP) is 3.82. The maximum absolute atomic E-state index is 5.63. The molecule has 0 fully saturated rings. The summed E-state index contributed by atoms with van der Waals surface area (Å²) in [5, 5.41) is 7.21. The molecule has 0 amide bonds. The SMILES string of the molecule is CC(C)CCCOc1cc(Cc2ccccc2)[nH]n1. The lowest BCUT2D eigenvalue weighted by Gasteiger charge is -2.04. The highest BCUT2D eigenvalue weighted by Crippen LogP contribution is 2.13. The van der Waals surface area contributed by atoms with Crippen molar-refractivity contribution < 1.29 is 4.74 Å². The molecule has 2 rings (SSSR count). The van der Waals surface area contributed by atoms with Crippen molar-refractivity contribution in [3.8, 4) is 5.88 Å². The Balaban J connectivity index is 1.79. The minimum atomic E-state index is 0.703. The average Bonchev–Trinajstić information content (AvgIpc) is 2.83. The van der Waals surface area contributed by atoms with E-state index in [4.69, 9.17) is 4.74 Å². The molecule has 0 saturated heterocycles. The summed E-state index contributed by atoms with van der Waals surface area (Å²) >= 11 is 0. The third-order valence-electron chi connectivity index (χ3n) is 3.02. The number of H-pyrrole nitrogens is 1. The third-order valence-corrected chi connectivity index (χ3v) is 3.02. The molecular formula is C16H22N2O. The van der Waals surface area contributed by atoms with Crippen LogP contribution in [0.1, 0.15) is 37.9 Å². The van der Waals surface area contributed by atoms with Gasteiger partial charge in [-0.15, -0.1) is 5.10 Å². The summed E-state index contributed by atoms with van der Waals surface area (Å²) in [7, 11) is 0. The van der Waals surface area contributed by atoms with Crippen molar-refractivity contribution in [1.82, 2.24) is 10.2 Å². The zero-order valence-electron chi connectivity index (χ0n) is 11.7. The van der Waals surface area contributed by atoms with Crippen LogP contribution in [-0.2, 0) is 6.42 Å². The summed E-state index contributed by atoms with van der Waals surface area (Å²) in [5.41, 5.74) is 2.36. The molecular weight excluding hydrogens is 236 g/mol. The van der Waals surface area contributed by atoms with Gasteiger partial charge >= 0.3 is 0 Å². The summed E-state index contributed by atoms with van der Waals surface area (Å²) in [6.45, 7) is 5.20. The third kappa shape index (κ3) is 4.78. The van der Waals surface area contributed by atoms with Crippen LogP contribution in [0.15, 0.2) is 36.4 Å². The number of ether oxygens (including phenoxy) is 1. The first-order valence-electron chi connectivity index (χ1n) is 6.95. The van der Waals surface area contributed by atoms with Gasteiger partial charge in [-0.1, -0.05) is 44.2 Å². The van der Waals surface area contributed by atoms with Gasteiger partial charge in [-0.2, -0.15) is 0 Å². The van der Waals surface area contributed by atoms with Crippen LogP contribution >= 0.6 is 0 Å². The number of hydrogen-bond acceptors (Lipinski definition) is 2. The van der Waals surface area contributed by atoms with Crippen LogP contribution in [0, 0.1) is 5.92 Å². The molecule has 102 valence electrons. The fourth-order valence-electron chi connectivity index (χ4n) is 1.99. The molecule has 0 unspecified atom stereocenters. The van der Waals surface area contributed by atoms with Crippen LogP contribution in [0.25, 0.3) is 0 Å². The maximum Gasteiger partial charge on any atom is 0.232 e. The minimum absolute atomic E-state index is 0.703. The van der Waals surface area contributed by atoms with Gasteiger partial charge in [0.25, 0.3) is 0 Å². The maximum atomic E-state index is 5.63. The van der Waals surface area contributed by atoms with Gasteiger partial charge in [0.15, 0.2) is 0 Å². The van der Waals surface area contributed by atoms with Crippen molar-refractivity contribution in [2.45, 2.75) is 33.1 Å². The molecule has 0 aliphatic carbocycles. The van der Waals surface area contributed by atoms with E-state index in [0.717, 1.165) is 31.1 Å². The quantitative estimate of drug-likeness (QED) is 0.767. The molecule has 2 aromatic rings. The highest BCUT2D eigenvalue weighted by atomic mass is 16.5. The lowest BCUT2D eigenvalue weighted by molar-refractivity contribution is 0.287. The highest BCUT2D eigenvalue weighted by molar-refractivity contribution is 5.23. The van der Waals surface area contributed by atoms with Gasteiger partial charge in [0.2, 0.25) is 5.88 Å². The largest absolute Gasteiger partial charge is 0.477 e. The van der Waals surface area contributed by atoms with E-state index >= 15 is 0 Å². The van der Waals surface area contributed by atoms with E-state index in [1.165, 1.54) is 12.0 Å². The molecule has 1 aromatic heterocycles. The first kappa shape index (κ1) is 13.7. The molecule has 0 aliphatic heterocycles. The van der Waals surface area contributed by atoms with Crippen LogP contribution in [0.4, 0.5) is 0 Å². The van der Waals surface area contributed by atoms with Crippen molar-refractivity contribution in [2.75, 3.05) is 6.61 Å². The topological polar surface area (TPSA) is 37.9 Å². The average molecular weight is 258 g/mol. The van der Waals surface area contributed by atoms with Gasteiger partial charge in [0.1, 0.15) is 0 Å². The minimum Gasteiger partial charge on any atom is -0.477 e. The predicted molar refractivity (Wildman–Crippen MR) is 77.4 cm³/mol. The summed E-state index contributed by atoms with van der Waals surface area (Å²) < 4.78 is 5.63. The Hall–Kier alpha value is -1.77. The molecule has 0 bridgehead atoms. The van der Waals surface area contributed by atoms with Crippen LogP contribution in [0.5, 0.6) is 5.88 Å². The Bertz CT molecular complexity index is 477. The summed E-state index contributed by atoms with van der Waals surface area (Å²) in [4.78, 5) is 0.